The molecule has 0 aliphatic heterocycles. The number of Topliss-reactive ketones (excluding diaryl/α,β-unsaturated/α-hetero) is 1. The van der Waals surface area contributed by atoms with E-state index >= 15 is 0 Å². The minimum absolute atomic E-state index is 0.0956. The van der Waals surface area contributed by atoms with Crippen molar-refractivity contribution in [3.8, 4) is 0 Å². The Morgan fingerprint density at radius 2 is 1.94 bits per heavy atom. The molecule has 7 heteroatoms. The first-order chi connectivity index (χ1) is 15.7. The number of hydrogen-bond donors (Lipinski definition) is 1. The zero-order chi connectivity index (χ0) is 23.0. The predicted molar refractivity (Wildman–Crippen MR) is 127 cm³/mol. The van der Waals surface area contributed by atoms with Gasteiger partial charge >= 0.3 is 0 Å². The van der Waals surface area contributed by atoms with Crippen molar-refractivity contribution >= 4 is 28.5 Å². The van der Waals surface area contributed by atoms with Crippen molar-refractivity contribution in [1.82, 2.24) is 20.0 Å². The normalized spacial score (nSPS) is 42.5. The van der Waals surface area contributed by atoms with Crippen molar-refractivity contribution < 1.29 is 9.90 Å². The lowest BCUT2D eigenvalue weighted by Gasteiger charge is -2.56. The Labute approximate surface area is 200 Å². The number of halogens is 1. The highest BCUT2D eigenvalue weighted by Gasteiger charge is 2.58. The number of carbonyl (C=O) groups excluding carboxylic acids is 1. The third-order valence-electron chi connectivity index (χ3n) is 10.3. The van der Waals surface area contributed by atoms with E-state index in [0.29, 0.717) is 28.0 Å². The van der Waals surface area contributed by atoms with Crippen LogP contribution >= 0.6 is 11.6 Å². The molecule has 33 heavy (non-hydrogen) atoms. The third-order valence-corrected chi connectivity index (χ3v) is 10.5. The zero-order valence-electron chi connectivity index (χ0n) is 19.7. The molecule has 0 bridgehead atoms. The van der Waals surface area contributed by atoms with Crippen LogP contribution in [0.1, 0.15) is 71.6 Å². The van der Waals surface area contributed by atoms with Crippen molar-refractivity contribution in [3.63, 3.8) is 0 Å². The first-order valence-corrected chi connectivity index (χ1v) is 13.2. The van der Waals surface area contributed by atoms with Crippen molar-refractivity contribution in [2.45, 2.75) is 83.8 Å². The lowest BCUT2D eigenvalue weighted by atomic mass is 9.49. The number of aliphatic hydroxyl groups is 1. The Morgan fingerprint density at radius 3 is 2.79 bits per heavy atom. The lowest BCUT2D eigenvalue weighted by Crippen LogP contribution is -2.51. The highest BCUT2D eigenvalue weighted by Crippen LogP contribution is 2.64. The Balaban J connectivity index is 1.19. The molecule has 0 spiro atoms. The van der Waals surface area contributed by atoms with E-state index in [9.17, 15) is 9.90 Å². The third kappa shape index (κ3) is 3.54. The summed E-state index contributed by atoms with van der Waals surface area (Å²) >= 11 is 6.03. The SMILES string of the molecule is C[C@@]1(O)CC[C@H]2[C@H](CC[C@@H]3[C@@H]2CC[C@]2(C)[C@@H](C(=O)Cn4nnc5cc(Cl)cnc54)CC[C@@H]32)C1. The summed E-state index contributed by atoms with van der Waals surface area (Å²) in [6, 6.07) is 1.74. The molecule has 0 saturated heterocycles. The van der Waals surface area contributed by atoms with Gasteiger partial charge in [0.15, 0.2) is 11.4 Å². The molecular weight excluding hydrogens is 436 g/mol. The summed E-state index contributed by atoms with van der Waals surface area (Å²) in [4.78, 5) is 17.9. The molecule has 4 aliphatic rings. The summed E-state index contributed by atoms with van der Waals surface area (Å²) in [5.41, 5.74) is 0.892. The van der Waals surface area contributed by atoms with Crippen LogP contribution in [-0.2, 0) is 11.3 Å². The number of hydrogen-bond acceptors (Lipinski definition) is 5. The standard InChI is InChI=1S/C26H35ClN4O2/c1-25(33)9-7-17-15(12-25)3-4-19-18(17)8-10-26(2)20(19)5-6-21(26)23(32)14-31-24-22(29-30-31)11-16(27)13-28-24/h11,13,15,17-21,33H,3-10,12,14H2,1-2H3/t15-,17+,18-,19-,20+,21-,25-,26+/m1/s1. The Bertz CT molecular complexity index is 1080. The summed E-state index contributed by atoms with van der Waals surface area (Å²) in [6.45, 7) is 4.67. The second kappa shape index (κ2) is 7.74. The first-order valence-electron chi connectivity index (χ1n) is 12.8. The van der Waals surface area contributed by atoms with Crippen molar-refractivity contribution in [2.24, 2.45) is 40.9 Å². The fourth-order valence-corrected chi connectivity index (χ4v) is 8.97. The average Bonchev–Trinajstić information content (AvgIpc) is 3.32. The number of aromatic nitrogens is 4. The minimum atomic E-state index is -0.465. The van der Waals surface area contributed by atoms with Gasteiger partial charge < -0.3 is 5.11 Å². The van der Waals surface area contributed by atoms with Crippen LogP contribution in [0.25, 0.3) is 11.2 Å². The van der Waals surface area contributed by atoms with Gasteiger partial charge in [-0.3, -0.25) is 4.79 Å². The summed E-state index contributed by atoms with van der Waals surface area (Å²) in [6.07, 6.45) is 11.8. The molecule has 2 aromatic rings. The number of nitrogens with zero attached hydrogens (tertiary/aromatic N) is 4. The molecule has 0 aromatic carbocycles. The van der Waals surface area contributed by atoms with Crippen LogP contribution in [0.3, 0.4) is 0 Å². The Morgan fingerprint density at radius 1 is 1.12 bits per heavy atom. The average molecular weight is 471 g/mol. The van der Waals surface area contributed by atoms with E-state index in [1.165, 1.54) is 32.1 Å². The van der Waals surface area contributed by atoms with Gasteiger partial charge in [-0.1, -0.05) is 23.7 Å². The minimum Gasteiger partial charge on any atom is -0.390 e. The van der Waals surface area contributed by atoms with Gasteiger partial charge in [0.25, 0.3) is 0 Å². The quantitative estimate of drug-likeness (QED) is 0.677. The molecule has 8 atom stereocenters. The number of pyridine rings is 1. The number of fused-ring (bicyclic) bond motifs is 6. The molecule has 2 heterocycles. The molecule has 4 saturated carbocycles. The van der Waals surface area contributed by atoms with E-state index in [2.05, 4.69) is 22.2 Å². The molecule has 2 aromatic heterocycles. The molecule has 4 fully saturated rings. The topological polar surface area (TPSA) is 80.9 Å². The summed E-state index contributed by atoms with van der Waals surface area (Å²) in [7, 11) is 0. The second-order valence-corrected chi connectivity index (χ2v) is 12.5. The molecule has 0 amide bonds. The van der Waals surface area contributed by atoms with Crippen LogP contribution in [0, 0.1) is 40.9 Å². The molecular formula is C26H35ClN4O2. The van der Waals surface area contributed by atoms with Crippen molar-refractivity contribution in [1.29, 1.82) is 0 Å². The van der Waals surface area contributed by atoms with Crippen molar-refractivity contribution in [2.75, 3.05) is 0 Å². The van der Waals surface area contributed by atoms with Gasteiger partial charge in [-0.05, 0) is 106 Å². The fraction of sp³-hybridized carbons (Fsp3) is 0.769. The summed E-state index contributed by atoms with van der Waals surface area (Å²) in [5.74, 6) is 4.05. The van der Waals surface area contributed by atoms with Crippen LogP contribution in [0.5, 0.6) is 0 Å². The highest BCUT2D eigenvalue weighted by atomic mass is 35.5. The van der Waals surface area contributed by atoms with E-state index < -0.39 is 5.60 Å². The molecule has 4 aliphatic carbocycles. The van der Waals surface area contributed by atoms with Crippen LogP contribution in [-0.4, -0.2) is 36.5 Å². The van der Waals surface area contributed by atoms with Crippen LogP contribution < -0.4 is 0 Å². The fourth-order valence-electron chi connectivity index (χ4n) is 8.81. The molecule has 0 radical (unpaired) electrons. The highest BCUT2D eigenvalue weighted by molar-refractivity contribution is 6.31. The Hall–Kier alpha value is -1.53. The maximum Gasteiger partial charge on any atom is 0.178 e. The number of ketones is 1. The lowest BCUT2D eigenvalue weighted by molar-refractivity contribution is -0.133. The first kappa shape index (κ1) is 22.0. The molecule has 0 unspecified atom stereocenters. The van der Waals surface area contributed by atoms with E-state index in [1.807, 2.05) is 6.92 Å². The Kier molecular flexibility index (Phi) is 5.15. The van der Waals surface area contributed by atoms with Gasteiger partial charge in [-0.25, -0.2) is 9.67 Å². The summed E-state index contributed by atoms with van der Waals surface area (Å²) < 4.78 is 1.65. The van der Waals surface area contributed by atoms with Gasteiger partial charge in [0.1, 0.15) is 12.1 Å². The smallest absolute Gasteiger partial charge is 0.178 e. The van der Waals surface area contributed by atoms with Gasteiger partial charge in [-0.15, -0.1) is 5.10 Å². The van der Waals surface area contributed by atoms with Crippen LogP contribution in [0.4, 0.5) is 0 Å². The van der Waals surface area contributed by atoms with Gasteiger partial charge in [-0.2, -0.15) is 0 Å². The monoisotopic (exact) mass is 470 g/mol. The molecule has 178 valence electrons. The maximum atomic E-state index is 13.6. The number of rotatable bonds is 3. The molecule has 6 rings (SSSR count). The maximum absolute atomic E-state index is 13.6. The number of carbonyl (C=O) groups is 1. The van der Waals surface area contributed by atoms with Gasteiger partial charge in [0, 0.05) is 12.1 Å². The van der Waals surface area contributed by atoms with Gasteiger partial charge in [0.05, 0.1) is 10.6 Å². The molecule has 1 N–H and O–H groups in total. The van der Waals surface area contributed by atoms with E-state index in [-0.39, 0.29) is 23.7 Å². The molecule has 6 nitrogen and oxygen atoms in total. The van der Waals surface area contributed by atoms with Crippen LogP contribution in [0.2, 0.25) is 5.02 Å². The second-order valence-electron chi connectivity index (χ2n) is 12.1. The van der Waals surface area contributed by atoms with Crippen LogP contribution in [0.15, 0.2) is 12.3 Å². The largest absolute Gasteiger partial charge is 0.390 e. The van der Waals surface area contributed by atoms with Gasteiger partial charge in [0.2, 0.25) is 0 Å². The van der Waals surface area contributed by atoms with E-state index in [4.69, 9.17) is 11.6 Å². The predicted octanol–water partition coefficient (Wildman–Crippen LogP) is 5.07. The van der Waals surface area contributed by atoms with E-state index in [0.717, 1.165) is 43.4 Å². The van der Waals surface area contributed by atoms with E-state index in [1.54, 1.807) is 16.9 Å². The zero-order valence-corrected chi connectivity index (χ0v) is 20.5. The summed E-state index contributed by atoms with van der Waals surface area (Å²) in [5, 5.41) is 19.5. The van der Waals surface area contributed by atoms with Crippen molar-refractivity contribution in [3.05, 3.63) is 17.3 Å².